The molecule has 1 amide bonds. The van der Waals surface area contributed by atoms with E-state index in [1.54, 1.807) is 29.2 Å². The summed E-state index contributed by atoms with van der Waals surface area (Å²) in [5, 5.41) is 0. The first-order valence-electron chi connectivity index (χ1n) is 8.97. The number of amides is 1. The summed E-state index contributed by atoms with van der Waals surface area (Å²) in [6.07, 6.45) is 1.57. The highest BCUT2D eigenvalue weighted by molar-refractivity contribution is 5.94. The molecule has 1 aromatic heterocycles. The van der Waals surface area contributed by atoms with Crippen molar-refractivity contribution in [1.82, 2.24) is 14.9 Å². The summed E-state index contributed by atoms with van der Waals surface area (Å²) in [5.41, 5.74) is 2.26. The molecule has 1 aliphatic rings. The van der Waals surface area contributed by atoms with Gasteiger partial charge in [0, 0.05) is 30.4 Å². The lowest BCUT2D eigenvalue weighted by Gasteiger charge is -2.32. The number of likely N-dealkylation sites (tertiary alicyclic amines) is 1. The Kier molecular flexibility index (Phi) is 5.69. The van der Waals surface area contributed by atoms with Crippen molar-refractivity contribution in [3.63, 3.8) is 0 Å². The lowest BCUT2D eigenvalue weighted by Crippen LogP contribution is -2.44. The molecule has 3 rings (SSSR count). The van der Waals surface area contributed by atoms with Gasteiger partial charge in [-0.15, -0.1) is 0 Å². The number of nitrogens with zero attached hydrogens (tertiary/aromatic N) is 3. The smallest absolute Gasteiger partial charge is 0.317 e. The summed E-state index contributed by atoms with van der Waals surface area (Å²) >= 11 is 0. The fourth-order valence-corrected chi connectivity index (χ4v) is 3.13. The lowest BCUT2D eigenvalue weighted by molar-refractivity contribution is -0.131. The second-order valence-electron chi connectivity index (χ2n) is 6.68. The number of carbonyl (C=O) groups is 2. The Labute approximate surface area is 158 Å². The monoisotopic (exact) mass is 369 g/mol. The number of aryl methyl sites for hydroxylation is 2. The van der Waals surface area contributed by atoms with E-state index in [9.17, 15) is 9.59 Å². The molecule has 0 radical (unpaired) electrons. The number of ether oxygens (including phenoxy) is 2. The third kappa shape index (κ3) is 5.03. The number of aromatic nitrogens is 2. The van der Waals surface area contributed by atoms with E-state index in [1.807, 2.05) is 19.9 Å². The van der Waals surface area contributed by atoms with Crippen LogP contribution in [-0.2, 0) is 4.79 Å². The number of carbonyl (C=O) groups excluding carboxylic acids is 2. The van der Waals surface area contributed by atoms with Gasteiger partial charge in [0.05, 0.1) is 6.54 Å². The molecule has 1 unspecified atom stereocenters. The first-order chi connectivity index (χ1) is 12.9. The summed E-state index contributed by atoms with van der Waals surface area (Å²) in [4.78, 5) is 34.2. The van der Waals surface area contributed by atoms with E-state index in [0.717, 1.165) is 24.2 Å². The molecule has 2 aromatic rings. The zero-order valence-corrected chi connectivity index (χ0v) is 15.8. The summed E-state index contributed by atoms with van der Waals surface area (Å²) in [6, 6.07) is 8.82. The van der Waals surface area contributed by atoms with Crippen LogP contribution in [0.4, 0.5) is 0 Å². The molecule has 0 saturated carbocycles. The van der Waals surface area contributed by atoms with E-state index in [0.29, 0.717) is 30.4 Å². The molecule has 0 N–H and O–H groups in total. The van der Waals surface area contributed by atoms with Crippen molar-refractivity contribution in [1.29, 1.82) is 0 Å². The van der Waals surface area contributed by atoms with Crippen molar-refractivity contribution in [3.8, 4) is 11.8 Å². The molecule has 27 heavy (non-hydrogen) atoms. The maximum atomic E-state index is 12.8. The Balaban J connectivity index is 1.64. The Morgan fingerprint density at radius 3 is 2.41 bits per heavy atom. The van der Waals surface area contributed by atoms with Crippen molar-refractivity contribution < 1.29 is 19.1 Å². The molecule has 1 fully saturated rings. The van der Waals surface area contributed by atoms with Crippen LogP contribution in [0, 0.1) is 13.8 Å². The standard InChI is InChI=1S/C20H23N3O4/c1-13-11-14(2)22-20(21-13)27-18-5-4-10-23(12-18)19(25)16-6-8-17(9-7-16)26-15(3)24/h6-9,11,18H,4-5,10,12H2,1-3H3. The fraction of sp³-hybridized carbons (Fsp3) is 0.400. The Morgan fingerprint density at radius 2 is 1.78 bits per heavy atom. The van der Waals surface area contributed by atoms with Gasteiger partial charge < -0.3 is 14.4 Å². The SMILES string of the molecule is CC(=O)Oc1ccc(C(=O)N2CCCC(Oc3nc(C)cc(C)n3)C2)cc1. The highest BCUT2D eigenvalue weighted by Gasteiger charge is 2.26. The van der Waals surface area contributed by atoms with Crippen molar-refractivity contribution in [2.45, 2.75) is 39.7 Å². The zero-order chi connectivity index (χ0) is 19.4. The van der Waals surface area contributed by atoms with Crippen LogP contribution in [0.25, 0.3) is 0 Å². The van der Waals surface area contributed by atoms with E-state index in [2.05, 4.69) is 9.97 Å². The van der Waals surface area contributed by atoms with Gasteiger partial charge in [-0.1, -0.05) is 0 Å². The molecule has 1 saturated heterocycles. The van der Waals surface area contributed by atoms with Crippen molar-refractivity contribution in [2.75, 3.05) is 13.1 Å². The fourth-order valence-electron chi connectivity index (χ4n) is 3.13. The number of benzene rings is 1. The van der Waals surface area contributed by atoms with Gasteiger partial charge in [0.1, 0.15) is 11.9 Å². The van der Waals surface area contributed by atoms with Gasteiger partial charge in [-0.2, -0.15) is 0 Å². The predicted molar refractivity (Wildman–Crippen MR) is 98.8 cm³/mol. The van der Waals surface area contributed by atoms with Gasteiger partial charge in [-0.25, -0.2) is 9.97 Å². The Bertz CT molecular complexity index is 815. The summed E-state index contributed by atoms with van der Waals surface area (Å²) in [5.74, 6) is -0.0383. The van der Waals surface area contributed by atoms with Gasteiger partial charge in [-0.05, 0) is 57.0 Å². The van der Waals surface area contributed by atoms with E-state index in [-0.39, 0.29) is 12.0 Å². The molecule has 7 heteroatoms. The minimum absolute atomic E-state index is 0.0704. The van der Waals surface area contributed by atoms with Gasteiger partial charge in [0.25, 0.3) is 5.91 Å². The third-order valence-corrected chi connectivity index (χ3v) is 4.26. The molecule has 142 valence electrons. The van der Waals surface area contributed by atoms with Crippen molar-refractivity contribution in [2.24, 2.45) is 0 Å². The first kappa shape index (κ1) is 18.8. The molecule has 1 atom stereocenters. The van der Waals surface area contributed by atoms with E-state index in [1.165, 1.54) is 6.92 Å². The van der Waals surface area contributed by atoms with Gasteiger partial charge >= 0.3 is 12.0 Å². The van der Waals surface area contributed by atoms with Crippen molar-refractivity contribution >= 4 is 11.9 Å². The largest absolute Gasteiger partial charge is 0.458 e. The molecule has 0 aliphatic carbocycles. The molecule has 7 nitrogen and oxygen atoms in total. The number of rotatable bonds is 4. The number of esters is 1. The normalized spacial score (nSPS) is 16.7. The second kappa shape index (κ2) is 8.16. The van der Waals surface area contributed by atoms with Crippen LogP contribution in [0.1, 0.15) is 41.5 Å². The quantitative estimate of drug-likeness (QED) is 0.609. The topological polar surface area (TPSA) is 81.6 Å². The molecule has 2 heterocycles. The van der Waals surface area contributed by atoms with Crippen LogP contribution in [0.3, 0.4) is 0 Å². The molecular weight excluding hydrogens is 346 g/mol. The summed E-state index contributed by atoms with van der Waals surface area (Å²) < 4.78 is 10.9. The van der Waals surface area contributed by atoms with E-state index >= 15 is 0 Å². The second-order valence-corrected chi connectivity index (χ2v) is 6.68. The van der Waals surface area contributed by atoms with E-state index < -0.39 is 5.97 Å². The molecular formula is C20H23N3O4. The van der Waals surface area contributed by atoms with Gasteiger partial charge in [0.15, 0.2) is 0 Å². The number of hydrogen-bond acceptors (Lipinski definition) is 6. The van der Waals surface area contributed by atoms with Gasteiger partial charge in [0.2, 0.25) is 0 Å². The number of hydrogen-bond donors (Lipinski definition) is 0. The molecule has 0 spiro atoms. The van der Waals surface area contributed by atoms with Crippen LogP contribution in [0.2, 0.25) is 0 Å². The molecule has 1 aromatic carbocycles. The Morgan fingerprint density at radius 1 is 1.11 bits per heavy atom. The van der Waals surface area contributed by atoms with E-state index in [4.69, 9.17) is 9.47 Å². The molecule has 1 aliphatic heterocycles. The first-order valence-corrected chi connectivity index (χ1v) is 8.97. The predicted octanol–water partition coefficient (Wildman–Crippen LogP) is 2.70. The van der Waals surface area contributed by atoms with Crippen LogP contribution in [0.15, 0.2) is 30.3 Å². The highest BCUT2D eigenvalue weighted by Crippen LogP contribution is 2.20. The number of piperidine rings is 1. The zero-order valence-electron chi connectivity index (χ0n) is 15.8. The average molecular weight is 369 g/mol. The van der Waals surface area contributed by atoms with Crippen molar-refractivity contribution in [3.05, 3.63) is 47.3 Å². The Hall–Kier alpha value is -2.96. The summed E-state index contributed by atoms with van der Waals surface area (Å²) in [7, 11) is 0. The summed E-state index contributed by atoms with van der Waals surface area (Å²) in [6.45, 7) is 6.31. The van der Waals surface area contributed by atoms with Crippen LogP contribution in [-0.4, -0.2) is 45.9 Å². The maximum Gasteiger partial charge on any atom is 0.317 e. The highest BCUT2D eigenvalue weighted by atomic mass is 16.5. The third-order valence-electron chi connectivity index (χ3n) is 4.26. The van der Waals surface area contributed by atoms with Crippen LogP contribution in [0.5, 0.6) is 11.8 Å². The van der Waals surface area contributed by atoms with Crippen LogP contribution >= 0.6 is 0 Å². The average Bonchev–Trinajstić information content (AvgIpc) is 2.60. The van der Waals surface area contributed by atoms with Crippen LogP contribution < -0.4 is 9.47 Å². The minimum atomic E-state index is -0.390. The minimum Gasteiger partial charge on any atom is -0.458 e. The lowest BCUT2D eigenvalue weighted by atomic mass is 10.1. The maximum absolute atomic E-state index is 12.8. The molecule has 0 bridgehead atoms. The van der Waals surface area contributed by atoms with Gasteiger partial charge in [-0.3, -0.25) is 9.59 Å².